The third-order valence-electron chi connectivity index (χ3n) is 6.95. The van der Waals surface area contributed by atoms with Crippen LogP contribution in [-0.2, 0) is 4.79 Å². The quantitative estimate of drug-likeness (QED) is 0.721. The minimum atomic E-state index is 0.313. The van der Waals surface area contributed by atoms with E-state index in [4.69, 9.17) is 0 Å². The summed E-state index contributed by atoms with van der Waals surface area (Å²) in [6.45, 7) is 5.49. The summed E-state index contributed by atoms with van der Waals surface area (Å²) in [5.41, 5.74) is 1.25. The van der Waals surface area contributed by atoms with E-state index in [0.717, 1.165) is 63.7 Å². The molecule has 0 spiro atoms. The minimum Gasteiger partial charge on any atom is -0.368 e. The second-order valence-corrected chi connectivity index (χ2v) is 9.38. The number of para-hydroxylation sites is 1. The van der Waals surface area contributed by atoms with Crippen LogP contribution >= 0.6 is 0 Å². The van der Waals surface area contributed by atoms with E-state index in [1.165, 1.54) is 24.9 Å². The van der Waals surface area contributed by atoms with Gasteiger partial charge in [-0.2, -0.15) is 0 Å². The molecule has 1 N–H and O–H groups in total. The fourth-order valence-electron chi connectivity index (χ4n) is 4.88. The van der Waals surface area contributed by atoms with E-state index in [9.17, 15) is 4.79 Å². The average Bonchev–Trinajstić information content (AvgIpc) is 3.67. The summed E-state index contributed by atoms with van der Waals surface area (Å²) in [5.74, 6) is 2.81. The maximum atomic E-state index is 12.9. The van der Waals surface area contributed by atoms with Gasteiger partial charge in [0.25, 0.3) is 0 Å². The lowest BCUT2D eigenvalue weighted by molar-refractivity contribution is -0.131. The monoisotopic (exact) mass is 434 g/mol. The predicted octanol–water partition coefficient (Wildman–Crippen LogP) is 3.40. The first-order chi connectivity index (χ1) is 15.7. The molecule has 1 aromatic heterocycles. The van der Waals surface area contributed by atoms with E-state index in [0.29, 0.717) is 24.3 Å². The van der Waals surface area contributed by atoms with Gasteiger partial charge in [-0.3, -0.25) is 4.79 Å². The predicted molar refractivity (Wildman–Crippen MR) is 128 cm³/mol. The summed E-state index contributed by atoms with van der Waals surface area (Å²) in [6.07, 6.45) is 8.12. The molecule has 0 radical (unpaired) electrons. The number of aromatic nitrogens is 2. The SMILES string of the molecule is O=C(CC[C@H]1CCCN(c2cc(NC3CC3)ncn2)C1)N1CCN(c2ccccc2)CC1. The van der Waals surface area contributed by atoms with Crippen LogP contribution < -0.4 is 15.1 Å². The van der Waals surface area contributed by atoms with Gasteiger partial charge < -0.3 is 20.0 Å². The van der Waals surface area contributed by atoms with Gasteiger partial charge in [0.1, 0.15) is 18.0 Å². The van der Waals surface area contributed by atoms with E-state index < -0.39 is 0 Å². The molecule has 1 aromatic carbocycles. The topological polar surface area (TPSA) is 64.6 Å². The molecular formula is C25H34N6O. The molecule has 3 fully saturated rings. The van der Waals surface area contributed by atoms with Crippen molar-refractivity contribution in [2.75, 3.05) is 54.4 Å². The Morgan fingerprint density at radius 1 is 0.969 bits per heavy atom. The molecule has 170 valence electrons. The number of piperidine rings is 1. The molecular weight excluding hydrogens is 400 g/mol. The van der Waals surface area contributed by atoms with E-state index >= 15 is 0 Å². The van der Waals surface area contributed by atoms with Crippen molar-refractivity contribution in [1.82, 2.24) is 14.9 Å². The number of piperazine rings is 1. The Labute approximate surface area is 190 Å². The smallest absolute Gasteiger partial charge is 0.222 e. The Kier molecular flexibility index (Phi) is 6.41. The Bertz CT molecular complexity index is 894. The molecule has 0 unspecified atom stereocenters. The fraction of sp³-hybridized carbons (Fsp3) is 0.560. The zero-order valence-electron chi connectivity index (χ0n) is 18.8. The Morgan fingerprint density at radius 2 is 1.78 bits per heavy atom. The number of nitrogens with zero attached hydrogens (tertiary/aromatic N) is 5. The van der Waals surface area contributed by atoms with Crippen molar-refractivity contribution < 1.29 is 4.79 Å². The van der Waals surface area contributed by atoms with Gasteiger partial charge in [-0.25, -0.2) is 9.97 Å². The average molecular weight is 435 g/mol. The zero-order valence-corrected chi connectivity index (χ0v) is 18.8. The second-order valence-electron chi connectivity index (χ2n) is 9.38. The van der Waals surface area contributed by atoms with Crippen LogP contribution in [0.25, 0.3) is 0 Å². The van der Waals surface area contributed by atoms with Gasteiger partial charge in [-0.1, -0.05) is 18.2 Å². The molecule has 0 bridgehead atoms. The molecule has 1 atom stereocenters. The fourth-order valence-corrected chi connectivity index (χ4v) is 4.88. The number of anilines is 3. The van der Waals surface area contributed by atoms with Gasteiger partial charge in [0.2, 0.25) is 5.91 Å². The van der Waals surface area contributed by atoms with E-state index in [1.54, 1.807) is 6.33 Å². The van der Waals surface area contributed by atoms with Crippen LogP contribution in [0.3, 0.4) is 0 Å². The highest BCUT2D eigenvalue weighted by Gasteiger charge is 2.26. The van der Waals surface area contributed by atoms with Crippen LogP contribution in [0.15, 0.2) is 42.7 Å². The maximum Gasteiger partial charge on any atom is 0.222 e. The summed E-state index contributed by atoms with van der Waals surface area (Å²) in [7, 11) is 0. The van der Waals surface area contributed by atoms with Crippen LogP contribution in [-0.4, -0.2) is 66.1 Å². The molecule has 5 rings (SSSR count). The summed E-state index contributed by atoms with van der Waals surface area (Å²) < 4.78 is 0. The van der Waals surface area contributed by atoms with Crippen molar-refractivity contribution in [1.29, 1.82) is 0 Å². The minimum absolute atomic E-state index is 0.313. The van der Waals surface area contributed by atoms with Crippen molar-refractivity contribution in [3.05, 3.63) is 42.7 Å². The van der Waals surface area contributed by atoms with Crippen LogP contribution in [0.5, 0.6) is 0 Å². The van der Waals surface area contributed by atoms with Crippen molar-refractivity contribution in [3.63, 3.8) is 0 Å². The number of nitrogens with one attached hydrogen (secondary N) is 1. The molecule has 3 heterocycles. The molecule has 2 aliphatic heterocycles. The lowest BCUT2D eigenvalue weighted by Crippen LogP contribution is -2.49. The molecule has 32 heavy (non-hydrogen) atoms. The summed E-state index contributed by atoms with van der Waals surface area (Å²) in [5, 5.41) is 3.47. The first kappa shape index (κ1) is 21.0. The highest BCUT2D eigenvalue weighted by molar-refractivity contribution is 5.76. The molecule has 2 saturated heterocycles. The normalized spacial score (nSPS) is 21.5. The lowest BCUT2D eigenvalue weighted by Gasteiger charge is -2.37. The Hall–Kier alpha value is -2.83. The molecule has 1 amide bonds. The van der Waals surface area contributed by atoms with Gasteiger partial charge in [0, 0.05) is 63.5 Å². The number of hydrogen-bond donors (Lipinski definition) is 1. The third kappa shape index (κ3) is 5.31. The molecule has 1 saturated carbocycles. The summed E-state index contributed by atoms with van der Waals surface area (Å²) in [4.78, 5) is 28.5. The first-order valence-corrected chi connectivity index (χ1v) is 12.2. The van der Waals surface area contributed by atoms with Crippen molar-refractivity contribution in [3.8, 4) is 0 Å². The highest BCUT2D eigenvalue weighted by Crippen LogP contribution is 2.28. The molecule has 1 aliphatic carbocycles. The Balaban J connectivity index is 1.08. The van der Waals surface area contributed by atoms with E-state index in [-0.39, 0.29) is 0 Å². The van der Waals surface area contributed by atoms with Crippen molar-refractivity contribution in [2.45, 2.75) is 44.6 Å². The van der Waals surface area contributed by atoms with Gasteiger partial charge in [0.15, 0.2) is 0 Å². The van der Waals surface area contributed by atoms with Gasteiger partial charge >= 0.3 is 0 Å². The molecule has 7 nitrogen and oxygen atoms in total. The van der Waals surface area contributed by atoms with Crippen molar-refractivity contribution in [2.24, 2.45) is 5.92 Å². The first-order valence-electron chi connectivity index (χ1n) is 12.2. The van der Waals surface area contributed by atoms with Gasteiger partial charge in [-0.05, 0) is 50.2 Å². The summed E-state index contributed by atoms with van der Waals surface area (Å²) >= 11 is 0. The number of carbonyl (C=O) groups is 1. The molecule has 7 heteroatoms. The van der Waals surface area contributed by atoms with Crippen molar-refractivity contribution >= 4 is 23.2 Å². The standard InChI is InChI=1S/C25H34N6O/c32-25(30-15-13-29(14-16-30)22-6-2-1-3-7-22)11-8-20-5-4-12-31(18-20)24-17-23(26-19-27-24)28-21-9-10-21/h1-3,6-7,17,19-21H,4-5,8-16,18H2,(H,26,27,28)/t20-/m1/s1. The van der Waals surface area contributed by atoms with E-state index in [2.05, 4.69) is 60.3 Å². The van der Waals surface area contributed by atoms with Crippen LogP contribution in [0.4, 0.5) is 17.3 Å². The number of amides is 1. The molecule has 2 aromatic rings. The Morgan fingerprint density at radius 3 is 2.56 bits per heavy atom. The number of rotatable bonds is 7. The van der Waals surface area contributed by atoms with Crippen LogP contribution in [0.1, 0.15) is 38.5 Å². The maximum absolute atomic E-state index is 12.9. The third-order valence-corrected chi connectivity index (χ3v) is 6.95. The molecule has 3 aliphatic rings. The number of benzene rings is 1. The van der Waals surface area contributed by atoms with Gasteiger partial charge in [-0.15, -0.1) is 0 Å². The summed E-state index contributed by atoms with van der Waals surface area (Å²) in [6, 6.07) is 13.2. The largest absolute Gasteiger partial charge is 0.368 e. The number of carbonyl (C=O) groups excluding carboxylic acids is 1. The zero-order chi connectivity index (χ0) is 21.8. The van der Waals surface area contributed by atoms with Gasteiger partial charge in [0.05, 0.1) is 0 Å². The highest BCUT2D eigenvalue weighted by atomic mass is 16.2. The lowest BCUT2D eigenvalue weighted by atomic mass is 9.93. The van der Waals surface area contributed by atoms with E-state index in [1.807, 2.05) is 6.07 Å². The van der Waals surface area contributed by atoms with Crippen LogP contribution in [0.2, 0.25) is 0 Å². The number of hydrogen-bond acceptors (Lipinski definition) is 6. The van der Waals surface area contributed by atoms with Crippen LogP contribution in [0, 0.1) is 5.92 Å². The second kappa shape index (κ2) is 9.76.